The highest BCUT2D eigenvalue weighted by atomic mass is 16.5. The first-order valence-electron chi connectivity index (χ1n) is 4.70. The van der Waals surface area contributed by atoms with E-state index in [-0.39, 0.29) is 5.97 Å². The summed E-state index contributed by atoms with van der Waals surface area (Å²) >= 11 is 0. The fourth-order valence-corrected chi connectivity index (χ4v) is 1.03. The first-order chi connectivity index (χ1) is 7.27. The van der Waals surface area contributed by atoms with Gasteiger partial charge in [0.15, 0.2) is 0 Å². The van der Waals surface area contributed by atoms with Crippen LogP contribution >= 0.6 is 0 Å². The minimum Gasteiger partial charge on any atom is -0.497 e. The molecule has 15 heavy (non-hydrogen) atoms. The van der Waals surface area contributed by atoms with E-state index in [1.807, 2.05) is 13.0 Å². The monoisotopic (exact) mass is 206 g/mol. The second-order valence-electron chi connectivity index (χ2n) is 2.90. The van der Waals surface area contributed by atoms with Gasteiger partial charge in [0, 0.05) is 0 Å². The van der Waals surface area contributed by atoms with Crippen molar-refractivity contribution in [1.29, 1.82) is 0 Å². The summed E-state index contributed by atoms with van der Waals surface area (Å²) in [6.07, 6.45) is 3.61. The van der Waals surface area contributed by atoms with Crippen LogP contribution in [0.2, 0.25) is 0 Å². The Balaban J connectivity index is 2.58. The van der Waals surface area contributed by atoms with Gasteiger partial charge in [-0.05, 0) is 31.2 Å². The summed E-state index contributed by atoms with van der Waals surface area (Å²) in [5.41, 5.74) is 0.528. The summed E-state index contributed by atoms with van der Waals surface area (Å²) in [4.78, 5) is 11.4. The number of hydrogen-bond donors (Lipinski definition) is 0. The Morgan fingerprint density at radius 1 is 1.33 bits per heavy atom. The van der Waals surface area contributed by atoms with E-state index < -0.39 is 0 Å². The first kappa shape index (κ1) is 11.3. The predicted octanol–water partition coefficient (Wildman–Crippen LogP) is 2.43. The molecule has 0 amide bonds. The number of carbonyl (C=O) groups is 1. The van der Waals surface area contributed by atoms with E-state index in [4.69, 9.17) is 9.47 Å². The predicted molar refractivity (Wildman–Crippen MR) is 58.1 cm³/mol. The normalized spacial score (nSPS) is 10.3. The molecule has 0 spiro atoms. The number of rotatable bonds is 4. The quantitative estimate of drug-likeness (QED) is 0.560. The van der Waals surface area contributed by atoms with Gasteiger partial charge in [0.05, 0.1) is 12.7 Å². The van der Waals surface area contributed by atoms with Gasteiger partial charge in [0.25, 0.3) is 0 Å². The lowest BCUT2D eigenvalue weighted by atomic mass is 10.2. The van der Waals surface area contributed by atoms with Crippen molar-refractivity contribution in [3.63, 3.8) is 0 Å². The standard InChI is InChI=1S/C12H14O3/c1-3-4-9-15-12(13)10-5-7-11(14-2)8-6-10/h3-8H,9H2,1-2H3/b4-3+. The van der Waals surface area contributed by atoms with Crippen LogP contribution in [-0.2, 0) is 4.74 Å². The van der Waals surface area contributed by atoms with Gasteiger partial charge in [-0.15, -0.1) is 0 Å². The topological polar surface area (TPSA) is 35.5 Å². The third kappa shape index (κ3) is 3.46. The van der Waals surface area contributed by atoms with E-state index in [0.29, 0.717) is 12.2 Å². The molecule has 0 radical (unpaired) electrons. The van der Waals surface area contributed by atoms with Gasteiger partial charge < -0.3 is 9.47 Å². The number of benzene rings is 1. The molecule has 0 aromatic heterocycles. The van der Waals surface area contributed by atoms with Crippen LogP contribution in [0.4, 0.5) is 0 Å². The van der Waals surface area contributed by atoms with E-state index >= 15 is 0 Å². The molecule has 3 heteroatoms. The van der Waals surface area contributed by atoms with Crippen LogP contribution in [0.5, 0.6) is 5.75 Å². The highest BCUT2D eigenvalue weighted by Gasteiger charge is 2.05. The number of carbonyl (C=O) groups excluding carboxylic acids is 1. The molecule has 0 saturated carbocycles. The maximum atomic E-state index is 11.4. The Labute approximate surface area is 89.3 Å². The molecular formula is C12H14O3. The van der Waals surface area contributed by atoms with Crippen molar-refractivity contribution in [3.05, 3.63) is 42.0 Å². The number of ether oxygens (including phenoxy) is 2. The molecule has 0 bridgehead atoms. The molecule has 0 fully saturated rings. The first-order valence-corrected chi connectivity index (χ1v) is 4.70. The smallest absolute Gasteiger partial charge is 0.338 e. The van der Waals surface area contributed by atoms with E-state index in [9.17, 15) is 4.79 Å². The molecule has 0 aliphatic rings. The molecule has 0 N–H and O–H groups in total. The molecule has 0 aliphatic heterocycles. The third-order valence-electron chi connectivity index (χ3n) is 1.87. The average molecular weight is 206 g/mol. The fraction of sp³-hybridized carbons (Fsp3) is 0.250. The van der Waals surface area contributed by atoms with Crippen molar-refractivity contribution >= 4 is 5.97 Å². The van der Waals surface area contributed by atoms with E-state index in [1.165, 1.54) is 0 Å². The van der Waals surface area contributed by atoms with Crippen LogP contribution in [0.15, 0.2) is 36.4 Å². The van der Waals surface area contributed by atoms with Crippen molar-refractivity contribution in [2.45, 2.75) is 6.92 Å². The second kappa shape index (κ2) is 5.86. The molecule has 0 saturated heterocycles. The molecule has 1 rings (SSSR count). The van der Waals surface area contributed by atoms with E-state index in [0.717, 1.165) is 5.75 Å². The van der Waals surface area contributed by atoms with Crippen LogP contribution in [0, 0.1) is 0 Å². The van der Waals surface area contributed by atoms with Crippen LogP contribution in [0.1, 0.15) is 17.3 Å². The van der Waals surface area contributed by atoms with Crippen molar-refractivity contribution in [1.82, 2.24) is 0 Å². The van der Waals surface area contributed by atoms with Crippen LogP contribution in [0.3, 0.4) is 0 Å². The summed E-state index contributed by atoms with van der Waals surface area (Å²) in [5, 5.41) is 0. The molecule has 80 valence electrons. The van der Waals surface area contributed by atoms with Crippen LogP contribution < -0.4 is 4.74 Å². The van der Waals surface area contributed by atoms with Gasteiger partial charge in [-0.3, -0.25) is 0 Å². The Hall–Kier alpha value is -1.77. The summed E-state index contributed by atoms with van der Waals surface area (Å²) < 4.78 is 9.96. The number of allylic oxidation sites excluding steroid dienone is 1. The van der Waals surface area contributed by atoms with Gasteiger partial charge in [-0.2, -0.15) is 0 Å². The zero-order valence-corrected chi connectivity index (χ0v) is 8.90. The van der Waals surface area contributed by atoms with Gasteiger partial charge in [-0.1, -0.05) is 12.2 Å². The van der Waals surface area contributed by atoms with Crippen molar-refractivity contribution in [2.75, 3.05) is 13.7 Å². The number of esters is 1. The lowest BCUT2D eigenvalue weighted by molar-refractivity contribution is 0.0549. The van der Waals surface area contributed by atoms with Crippen molar-refractivity contribution in [3.8, 4) is 5.75 Å². The summed E-state index contributed by atoms with van der Waals surface area (Å²) in [6, 6.07) is 6.81. The summed E-state index contributed by atoms with van der Waals surface area (Å²) in [6.45, 7) is 2.18. The lowest BCUT2D eigenvalue weighted by Gasteiger charge is -2.03. The summed E-state index contributed by atoms with van der Waals surface area (Å²) in [5.74, 6) is 0.399. The molecule has 1 aromatic carbocycles. The maximum absolute atomic E-state index is 11.4. The third-order valence-corrected chi connectivity index (χ3v) is 1.87. The second-order valence-corrected chi connectivity index (χ2v) is 2.90. The maximum Gasteiger partial charge on any atom is 0.338 e. The van der Waals surface area contributed by atoms with Crippen molar-refractivity contribution < 1.29 is 14.3 Å². The van der Waals surface area contributed by atoms with Gasteiger partial charge in [0.2, 0.25) is 0 Å². The molecule has 0 aliphatic carbocycles. The molecule has 3 nitrogen and oxygen atoms in total. The molecule has 0 atom stereocenters. The zero-order chi connectivity index (χ0) is 11.1. The molecule has 0 heterocycles. The fourth-order valence-electron chi connectivity index (χ4n) is 1.03. The van der Waals surface area contributed by atoms with Crippen LogP contribution in [-0.4, -0.2) is 19.7 Å². The molecular weight excluding hydrogens is 192 g/mol. The Morgan fingerprint density at radius 2 is 2.00 bits per heavy atom. The average Bonchev–Trinajstić information content (AvgIpc) is 2.29. The summed E-state index contributed by atoms with van der Waals surface area (Å²) in [7, 11) is 1.58. The van der Waals surface area contributed by atoms with Crippen LogP contribution in [0.25, 0.3) is 0 Å². The highest BCUT2D eigenvalue weighted by Crippen LogP contribution is 2.11. The minimum atomic E-state index is -0.323. The minimum absolute atomic E-state index is 0.307. The van der Waals surface area contributed by atoms with E-state index in [2.05, 4.69) is 0 Å². The largest absolute Gasteiger partial charge is 0.497 e. The highest BCUT2D eigenvalue weighted by molar-refractivity contribution is 5.89. The number of methoxy groups -OCH3 is 1. The number of hydrogen-bond acceptors (Lipinski definition) is 3. The Morgan fingerprint density at radius 3 is 2.53 bits per heavy atom. The molecule has 1 aromatic rings. The van der Waals surface area contributed by atoms with Crippen molar-refractivity contribution in [2.24, 2.45) is 0 Å². The van der Waals surface area contributed by atoms with Gasteiger partial charge >= 0.3 is 5.97 Å². The van der Waals surface area contributed by atoms with E-state index in [1.54, 1.807) is 37.5 Å². The van der Waals surface area contributed by atoms with Gasteiger partial charge in [0.1, 0.15) is 12.4 Å². The molecule has 0 unspecified atom stereocenters. The Bertz CT molecular complexity index is 338. The lowest BCUT2D eigenvalue weighted by Crippen LogP contribution is -2.04. The SMILES string of the molecule is C/C=C/COC(=O)c1ccc(OC)cc1. The van der Waals surface area contributed by atoms with Gasteiger partial charge in [-0.25, -0.2) is 4.79 Å². The zero-order valence-electron chi connectivity index (χ0n) is 8.90. The Kier molecular flexibility index (Phi) is 4.41.